The molecule has 108 valence electrons. The first kappa shape index (κ1) is 15.6. The second-order valence-corrected chi connectivity index (χ2v) is 4.50. The van der Waals surface area contributed by atoms with Gasteiger partial charge in [-0.1, -0.05) is 6.92 Å². The molecule has 0 fully saturated rings. The maximum absolute atomic E-state index is 11.9. The van der Waals surface area contributed by atoms with E-state index in [1.807, 2.05) is 0 Å². The normalized spacial score (nSPS) is 11.7. The van der Waals surface area contributed by atoms with E-state index in [1.54, 1.807) is 6.92 Å². The molecule has 0 aromatic heterocycles. The number of hydrogen-bond acceptors (Lipinski definition) is 4. The Hall–Kier alpha value is -2.41. The van der Waals surface area contributed by atoms with E-state index in [2.05, 4.69) is 5.32 Å². The highest BCUT2D eigenvalue weighted by molar-refractivity contribution is 6.01. The zero-order chi connectivity index (χ0) is 15.3. The van der Waals surface area contributed by atoms with Gasteiger partial charge in [0.15, 0.2) is 0 Å². The first-order valence-electron chi connectivity index (χ1n) is 6.10. The second-order valence-electron chi connectivity index (χ2n) is 4.50. The molecule has 7 N–H and O–H groups in total. The van der Waals surface area contributed by atoms with Crippen molar-refractivity contribution in [3.63, 3.8) is 0 Å². The molecular weight excluding hydrogens is 260 g/mol. The Kier molecular flexibility index (Phi) is 5.22. The summed E-state index contributed by atoms with van der Waals surface area (Å²) in [6.45, 7) is 2.12. The highest BCUT2D eigenvalue weighted by atomic mass is 16.2. The fourth-order valence-corrected chi connectivity index (χ4v) is 1.63. The highest BCUT2D eigenvalue weighted by Gasteiger charge is 2.14. The van der Waals surface area contributed by atoms with E-state index < -0.39 is 11.8 Å². The predicted octanol–water partition coefficient (Wildman–Crippen LogP) is -0.192. The summed E-state index contributed by atoms with van der Waals surface area (Å²) in [4.78, 5) is 34.2. The van der Waals surface area contributed by atoms with Crippen LogP contribution in [0.25, 0.3) is 0 Å². The topological polar surface area (TPSA) is 141 Å². The van der Waals surface area contributed by atoms with Crippen LogP contribution in [0.1, 0.15) is 34.1 Å². The summed E-state index contributed by atoms with van der Waals surface area (Å²) in [5.41, 5.74) is 16.2. The third-order valence-corrected chi connectivity index (χ3v) is 2.82. The summed E-state index contributed by atoms with van der Waals surface area (Å²) >= 11 is 0. The molecule has 0 aliphatic carbocycles. The van der Waals surface area contributed by atoms with E-state index in [4.69, 9.17) is 17.2 Å². The van der Waals surface area contributed by atoms with E-state index in [9.17, 15) is 14.4 Å². The van der Waals surface area contributed by atoms with Crippen molar-refractivity contribution >= 4 is 23.4 Å². The molecule has 0 bridgehead atoms. The molecule has 0 saturated heterocycles. The van der Waals surface area contributed by atoms with Crippen LogP contribution in [0.15, 0.2) is 18.2 Å². The number of anilines is 1. The van der Waals surface area contributed by atoms with Gasteiger partial charge in [0.05, 0.1) is 0 Å². The number of carbonyl (C=O) groups is 3. The molecule has 1 aromatic rings. The van der Waals surface area contributed by atoms with Gasteiger partial charge < -0.3 is 22.5 Å². The minimum absolute atomic E-state index is 0.100. The van der Waals surface area contributed by atoms with Crippen molar-refractivity contribution in [2.75, 3.05) is 11.9 Å². The Morgan fingerprint density at radius 2 is 1.60 bits per heavy atom. The summed E-state index contributed by atoms with van der Waals surface area (Å²) in [6, 6.07) is 4.06. The van der Waals surface area contributed by atoms with E-state index in [-0.39, 0.29) is 23.0 Å². The SMILES string of the molecule is CC(CCN)C(=O)Nc1cc(C(N)=O)cc(C(N)=O)c1. The lowest BCUT2D eigenvalue weighted by Gasteiger charge is -2.12. The van der Waals surface area contributed by atoms with Crippen molar-refractivity contribution in [3.8, 4) is 0 Å². The lowest BCUT2D eigenvalue weighted by atomic mass is 10.1. The zero-order valence-electron chi connectivity index (χ0n) is 11.2. The Balaban J connectivity index is 3.02. The van der Waals surface area contributed by atoms with Crippen molar-refractivity contribution in [2.45, 2.75) is 13.3 Å². The number of carbonyl (C=O) groups excluding carboxylic acids is 3. The number of amides is 3. The van der Waals surface area contributed by atoms with Gasteiger partial charge >= 0.3 is 0 Å². The molecule has 0 spiro atoms. The molecule has 0 heterocycles. The largest absolute Gasteiger partial charge is 0.366 e. The standard InChI is InChI=1S/C13H18N4O3/c1-7(2-3-14)13(20)17-10-5-8(11(15)18)4-9(6-10)12(16)19/h4-7H,2-3,14H2,1H3,(H2,15,18)(H2,16,19)(H,17,20). The van der Waals surface area contributed by atoms with Crippen LogP contribution in [0.2, 0.25) is 0 Å². The van der Waals surface area contributed by atoms with Crippen LogP contribution in [0.5, 0.6) is 0 Å². The third kappa shape index (κ3) is 4.06. The first-order chi connectivity index (χ1) is 9.35. The van der Waals surface area contributed by atoms with Crippen LogP contribution in [-0.4, -0.2) is 24.3 Å². The maximum atomic E-state index is 11.9. The summed E-state index contributed by atoms with van der Waals surface area (Å²) < 4.78 is 0. The van der Waals surface area contributed by atoms with Crippen LogP contribution in [0.3, 0.4) is 0 Å². The molecule has 1 unspecified atom stereocenters. The summed E-state index contributed by atoms with van der Waals surface area (Å²) in [5.74, 6) is -1.96. The van der Waals surface area contributed by atoms with Crippen LogP contribution in [-0.2, 0) is 4.79 Å². The van der Waals surface area contributed by atoms with Crippen LogP contribution in [0, 0.1) is 5.92 Å². The van der Waals surface area contributed by atoms with Gasteiger partial charge in [-0.05, 0) is 31.2 Å². The lowest BCUT2D eigenvalue weighted by Crippen LogP contribution is -2.23. The van der Waals surface area contributed by atoms with Crippen LogP contribution >= 0.6 is 0 Å². The first-order valence-corrected chi connectivity index (χ1v) is 6.10. The zero-order valence-corrected chi connectivity index (χ0v) is 11.2. The van der Waals surface area contributed by atoms with Gasteiger partial charge in [-0.3, -0.25) is 14.4 Å². The molecule has 20 heavy (non-hydrogen) atoms. The van der Waals surface area contributed by atoms with E-state index in [0.717, 1.165) is 0 Å². The lowest BCUT2D eigenvalue weighted by molar-refractivity contribution is -0.119. The van der Waals surface area contributed by atoms with Gasteiger partial charge in [0.1, 0.15) is 0 Å². The van der Waals surface area contributed by atoms with Crippen molar-refractivity contribution in [3.05, 3.63) is 29.3 Å². The van der Waals surface area contributed by atoms with Gasteiger partial charge in [0.2, 0.25) is 17.7 Å². The minimum atomic E-state index is -0.710. The van der Waals surface area contributed by atoms with Crippen molar-refractivity contribution in [1.29, 1.82) is 0 Å². The number of nitrogens with two attached hydrogens (primary N) is 3. The third-order valence-electron chi connectivity index (χ3n) is 2.82. The molecule has 3 amide bonds. The Morgan fingerprint density at radius 1 is 1.10 bits per heavy atom. The fourth-order valence-electron chi connectivity index (χ4n) is 1.63. The smallest absolute Gasteiger partial charge is 0.248 e. The fraction of sp³-hybridized carbons (Fsp3) is 0.308. The van der Waals surface area contributed by atoms with Gasteiger partial charge in [-0.2, -0.15) is 0 Å². The van der Waals surface area contributed by atoms with Crippen molar-refractivity contribution < 1.29 is 14.4 Å². The molecule has 0 aliphatic heterocycles. The maximum Gasteiger partial charge on any atom is 0.248 e. The molecule has 0 radical (unpaired) electrons. The average molecular weight is 278 g/mol. The van der Waals surface area contributed by atoms with E-state index in [0.29, 0.717) is 18.7 Å². The van der Waals surface area contributed by atoms with Gasteiger partial charge in [-0.15, -0.1) is 0 Å². The Bertz CT molecular complexity index is 510. The van der Waals surface area contributed by atoms with Gasteiger partial charge in [-0.25, -0.2) is 0 Å². The molecule has 1 atom stereocenters. The van der Waals surface area contributed by atoms with Crippen LogP contribution < -0.4 is 22.5 Å². The minimum Gasteiger partial charge on any atom is -0.366 e. The molecule has 0 saturated carbocycles. The number of benzene rings is 1. The number of rotatable bonds is 6. The molecule has 7 heteroatoms. The summed E-state index contributed by atoms with van der Waals surface area (Å²) in [7, 11) is 0. The second kappa shape index (κ2) is 6.67. The monoisotopic (exact) mass is 278 g/mol. The molecule has 0 aliphatic rings. The highest BCUT2D eigenvalue weighted by Crippen LogP contribution is 2.16. The Labute approximate surface area is 116 Å². The average Bonchev–Trinajstić information content (AvgIpc) is 2.38. The predicted molar refractivity (Wildman–Crippen MR) is 74.9 cm³/mol. The molecule has 7 nitrogen and oxygen atoms in total. The molecule has 1 rings (SSSR count). The van der Waals surface area contributed by atoms with Gasteiger partial charge in [0, 0.05) is 22.7 Å². The number of primary amides is 2. The van der Waals surface area contributed by atoms with E-state index >= 15 is 0 Å². The van der Waals surface area contributed by atoms with Gasteiger partial charge in [0.25, 0.3) is 0 Å². The van der Waals surface area contributed by atoms with Crippen molar-refractivity contribution in [2.24, 2.45) is 23.1 Å². The summed E-state index contributed by atoms with van der Waals surface area (Å²) in [6.07, 6.45) is 0.532. The molecular formula is C13H18N4O3. The van der Waals surface area contributed by atoms with E-state index in [1.165, 1.54) is 18.2 Å². The number of nitrogens with one attached hydrogen (secondary N) is 1. The molecule has 1 aromatic carbocycles. The quantitative estimate of drug-likeness (QED) is 0.572. The van der Waals surface area contributed by atoms with Crippen molar-refractivity contribution in [1.82, 2.24) is 0 Å². The summed E-state index contributed by atoms with van der Waals surface area (Å²) in [5, 5.41) is 2.61. The van der Waals surface area contributed by atoms with Crippen LogP contribution in [0.4, 0.5) is 5.69 Å². The Morgan fingerprint density at radius 3 is 2.00 bits per heavy atom. The number of hydrogen-bond donors (Lipinski definition) is 4.